The highest BCUT2D eigenvalue weighted by Crippen LogP contribution is 2.34. The zero-order chi connectivity index (χ0) is 17.4. The minimum atomic E-state index is -3.64. The van der Waals surface area contributed by atoms with Gasteiger partial charge in [0.25, 0.3) is 5.91 Å². The van der Waals surface area contributed by atoms with E-state index < -0.39 is 10.0 Å². The number of carbonyl (C=O) groups excluding carboxylic acids is 1. The second-order valence-electron chi connectivity index (χ2n) is 5.59. The fraction of sp³-hybridized carbons (Fsp3) is 0.333. The highest BCUT2D eigenvalue weighted by molar-refractivity contribution is 7.89. The number of thiazole rings is 1. The van der Waals surface area contributed by atoms with Gasteiger partial charge in [-0.1, -0.05) is 0 Å². The van der Waals surface area contributed by atoms with Crippen molar-refractivity contribution in [3.63, 3.8) is 0 Å². The van der Waals surface area contributed by atoms with Gasteiger partial charge >= 0.3 is 0 Å². The van der Waals surface area contributed by atoms with Crippen LogP contribution in [0.15, 0.2) is 34.0 Å². The largest absolute Gasteiger partial charge is 0.454 e. The number of hydrogen-bond donors (Lipinski definition) is 0. The Labute approximate surface area is 148 Å². The van der Waals surface area contributed by atoms with E-state index in [-0.39, 0.29) is 30.7 Å². The maximum absolute atomic E-state index is 12.8. The van der Waals surface area contributed by atoms with Gasteiger partial charge in [0.05, 0.1) is 10.4 Å². The lowest BCUT2D eigenvalue weighted by atomic mass is 10.3. The first-order chi connectivity index (χ1) is 12.1. The monoisotopic (exact) mass is 381 g/mol. The number of aromatic nitrogens is 1. The van der Waals surface area contributed by atoms with Crippen LogP contribution in [0.5, 0.6) is 11.5 Å². The third-order valence-electron chi connectivity index (χ3n) is 4.16. The summed E-state index contributed by atoms with van der Waals surface area (Å²) in [5.41, 5.74) is 2.00. The van der Waals surface area contributed by atoms with Crippen molar-refractivity contribution in [3.05, 3.63) is 34.8 Å². The molecule has 0 atom stereocenters. The summed E-state index contributed by atoms with van der Waals surface area (Å²) in [4.78, 5) is 18.1. The van der Waals surface area contributed by atoms with Crippen LogP contribution in [0.1, 0.15) is 10.5 Å². The number of amides is 1. The molecule has 0 bridgehead atoms. The van der Waals surface area contributed by atoms with Crippen LogP contribution in [0.25, 0.3) is 0 Å². The van der Waals surface area contributed by atoms with E-state index in [0.29, 0.717) is 30.3 Å². The summed E-state index contributed by atoms with van der Waals surface area (Å²) in [5, 5.41) is 1.69. The van der Waals surface area contributed by atoms with Crippen LogP contribution in [0.4, 0.5) is 0 Å². The normalized spacial score (nSPS) is 17.7. The molecule has 1 saturated heterocycles. The Balaban J connectivity index is 1.47. The van der Waals surface area contributed by atoms with Crippen molar-refractivity contribution in [2.45, 2.75) is 4.90 Å². The Hall–Kier alpha value is -2.17. The Bertz CT molecular complexity index is 890. The Morgan fingerprint density at radius 2 is 1.88 bits per heavy atom. The molecule has 8 nitrogen and oxygen atoms in total. The second kappa shape index (κ2) is 6.28. The van der Waals surface area contributed by atoms with Gasteiger partial charge in [-0.15, -0.1) is 11.3 Å². The van der Waals surface area contributed by atoms with Gasteiger partial charge in [-0.05, 0) is 12.1 Å². The van der Waals surface area contributed by atoms with Gasteiger partial charge in [-0.3, -0.25) is 4.79 Å². The van der Waals surface area contributed by atoms with Crippen LogP contribution in [0.2, 0.25) is 0 Å². The molecule has 132 valence electrons. The maximum atomic E-state index is 12.8. The number of benzene rings is 1. The van der Waals surface area contributed by atoms with Crippen molar-refractivity contribution < 1.29 is 22.7 Å². The van der Waals surface area contributed by atoms with Gasteiger partial charge in [-0.25, -0.2) is 13.4 Å². The molecule has 25 heavy (non-hydrogen) atoms. The van der Waals surface area contributed by atoms with Crippen LogP contribution in [-0.4, -0.2) is 61.5 Å². The van der Waals surface area contributed by atoms with Crippen molar-refractivity contribution in [1.82, 2.24) is 14.2 Å². The molecule has 10 heteroatoms. The molecular formula is C15H15N3O5S2. The van der Waals surface area contributed by atoms with Crippen molar-refractivity contribution in [2.24, 2.45) is 0 Å². The summed E-state index contributed by atoms with van der Waals surface area (Å²) in [6.45, 7) is 1.25. The predicted molar refractivity (Wildman–Crippen MR) is 89.3 cm³/mol. The number of nitrogens with zero attached hydrogens (tertiary/aromatic N) is 3. The molecule has 0 radical (unpaired) electrons. The second-order valence-corrected chi connectivity index (χ2v) is 8.24. The molecule has 2 aliphatic heterocycles. The fourth-order valence-electron chi connectivity index (χ4n) is 2.80. The third kappa shape index (κ3) is 2.96. The van der Waals surface area contributed by atoms with Crippen LogP contribution in [0.3, 0.4) is 0 Å². The van der Waals surface area contributed by atoms with Gasteiger partial charge in [-0.2, -0.15) is 4.31 Å². The van der Waals surface area contributed by atoms with E-state index in [0.717, 1.165) is 0 Å². The summed E-state index contributed by atoms with van der Waals surface area (Å²) in [6.07, 6.45) is 0. The van der Waals surface area contributed by atoms with E-state index in [1.54, 1.807) is 21.9 Å². The first-order valence-electron chi connectivity index (χ1n) is 7.63. The van der Waals surface area contributed by atoms with Crippen molar-refractivity contribution in [1.29, 1.82) is 0 Å². The molecule has 0 unspecified atom stereocenters. The predicted octanol–water partition coefficient (Wildman–Crippen LogP) is 1.02. The SMILES string of the molecule is O=C(c1cscn1)N1CCN(S(=O)(=O)c2ccc3c(c2)OCO3)CC1. The van der Waals surface area contributed by atoms with Crippen molar-refractivity contribution in [3.8, 4) is 11.5 Å². The first kappa shape index (κ1) is 16.3. The van der Waals surface area contributed by atoms with E-state index in [9.17, 15) is 13.2 Å². The molecule has 2 aromatic rings. The molecule has 0 N–H and O–H groups in total. The van der Waals surface area contributed by atoms with Gasteiger partial charge in [0.2, 0.25) is 16.8 Å². The van der Waals surface area contributed by atoms with Gasteiger partial charge in [0, 0.05) is 37.6 Å². The summed E-state index contributed by atoms with van der Waals surface area (Å²) in [6, 6.07) is 4.58. The Kier molecular flexibility index (Phi) is 4.10. The standard InChI is InChI=1S/C15H15N3O5S2/c19-15(12-8-24-9-16-12)17-3-5-18(6-4-17)25(20,21)11-1-2-13-14(7-11)23-10-22-13/h1-2,7-9H,3-6,10H2. The summed E-state index contributed by atoms with van der Waals surface area (Å²) in [5.74, 6) is 0.803. The number of piperazine rings is 1. The van der Waals surface area contributed by atoms with E-state index in [4.69, 9.17) is 9.47 Å². The smallest absolute Gasteiger partial charge is 0.273 e. The average molecular weight is 381 g/mol. The fourth-order valence-corrected chi connectivity index (χ4v) is 4.76. The Morgan fingerprint density at radius 1 is 1.12 bits per heavy atom. The molecule has 1 aromatic carbocycles. The average Bonchev–Trinajstić information content (AvgIpc) is 3.32. The highest BCUT2D eigenvalue weighted by Gasteiger charge is 2.31. The molecule has 4 rings (SSSR count). The minimum absolute atomic E-state index is 0.0935. The lowest BCUT2D eigenvalue weighted by Gasteiger charge is -2.33. The van der Waals surface area contributed by atoms with E-state index in [1.165, 1.54) is 27.8 Å². The van der Waals surface area contributed by atoms with Crippen molar-refractivity contribution >= 4 is 27.3 Å². The molecule has 0 saturated carbocycles. The van der Waals surface area contributed by atoms with Gasteiger partial charge in [0.1, 0.15) is 5.69 Å². The number of carbonyl (C=O) groups is 1. The quantitative estimate of drug-likeness (QED) is 0.789. The minimum Gasteiger partial charge on any atom is -0.454 e. The zero-order valence-corrected chi connectivity index (χ0v) is 14.8. The molecular weight excluding hydrogens is 366 g/mol. The third-order valence-corrected chi connectivity index (χ3v) is 6.64. The summed E-state index contributed by atoms with van der Waals surface area (Å²) in [7, 11) is -3.64. The highest BCUT2D eigenvalue weighted by atomic mass is 32.2. The Morgan fingerprint density at radius 3 is 2.60 bits per heavy atom. The molecule has 2 aliphatic rings. The van der Waals surface area contributed by atoms with Crippen molar-refractivity contribution in [2.75, 3.05) is 33.0 Å². The molecule has 0 aliphatic carbocycles. The van der Waals surface area contributed by atoms with E-state index in [2.05, 4.69) is 4.98 Å². The van der Waals surface area contributed by atoms with Crippen LogP contribution in [0, 0.1) is 0 Å². The van der Waals surface area contributed by atoms with Gasteiger partial charge < -0.3 is 14.4 Å². The lowest BCUT2D eigenvalue weighted by Crippen LogP contribution is -2.50. The molecule has 1 amide bonds. The number of rotatable bonds is 3. The number of hydrogen-bond acceptors (Lipinski definition) is 7. The maximum Gasteiger partial charge on any atom is 0.273 e. The van der Waals surface area contributed by atoms with Crippen LogP contribution < -0.4 is 9.47 Å². The first-order valence-corrected chi connectivity index (χ1v) is 10.0. The molecule has 1 aromatic heterocycles. The molecule has 3 heterocycles. The summed E-state index contributed by atoms with van der Waals surface area (Å²) >= 11 is 1.36. The summed E-state index contributed by atoms with van der Waals surface area (Å²) < 4.78 is 37.5. The van der Waals surface area contributed by atoms with E-state index >= 15 is 0 Å². The zero-order valence-electron chi connectivity index (χ0n) is 13.1. The number of ether oxygens (including phenoxy) is 2. The molecule has 0 spiro atoms. The molecule has 1 fully saturated rings. The number of sulfonamides is 1. The van der Waals surface area contributed by atoms with E-state index in [1.807, 2.05) is 0 Å². The topological polar surface area (TPSA) is 89.0 Å². The lowest BCUT2D eigenvalue weighted by molar-refractivity contribution is 0.0693. The van der Waals surface area contributed by atoms with Crippen LogP contribution in [-0.2, 0) is 10.0 Å². The van der Waals surface area contributed by atoms with Crippen LogP contribution >= 0.6 is 11.3 Å². The van der Waals surface area contributed by atoms with Gasteiger partial charge in [0.15, 0.2) is 11.5 Å². The number of fused-ring (bicyclic) bond motifs is 1.